The number of amides is 1. The topological polar surface area (TPSA) is 96.6 Å². The van der Waals surface area contributed by atoms with Crippen molar-refractivity contribution in [2.24, 2.45) is 4.99 Å². The van der Waals surface area contributed by atoms with E-state index in [9.17, 15) is 18.0 Å². The molecule has 0 spiro atoms. The Morgan fingerprint density at radius 1 is 1.28 bits per heavy atom. The van der Waals surface area contributed by atoms with Crippen molar-refractivity contribution >= 4 is 22.9 Å². The van der Waals surface area contributed by atoms with Crippen molar-refractivity contribution in [2.45, 2.75) is 38.9 Å². The number of hydrogen-bond acceptors (Lipinski definition) is 6. The minimum absolute atomic E-state index is 0.0414. The molecule has 3 aromatic rings. The Hall–Kier alpha value is -4.41. The van der Waals surface area contributed by atoms with E-state index in [4.69, 9.17) is 9.15 Å². The largest absolute Gasteiger partial charge is 0.437 e. The molecule has 2 aliphatic heterocycles. The third kappa shape index (κ3) is 5.16. The number of ether oxygens (including phenoxy) is 1. The van der Waals surface area contributed by atoms with Gasteiger partial charge in [-0.25, -0.2) is 15.0 Å². The zero-order valence-corrected chi connectivity index (χ0v) is 21.3. The number of hydrogen-bond donors (Lipinski definition) is 1. The molecule has 39 heavy (non-hydrogen) atoms. The second-order valence-electron chi connectivity index (χ2n) is 8.89. The molecule has 8 nitrogen and oxygen atoms in total. The molecule has 4 heterocycles. The van der Waals surface area contributed by atoms with Crippen LogP contribution in [-0.2, 0) is 22.1 Å². The number of benzene rings is 1. The summed E-state index contributed by atoms with van der Waals surface area (Å²) in [6, 6.07) is 2.70. The average Bonchev–Trinajstić information content (AvgIpc) is 3.58. The number of nitrogens with zero attached hydrogens (tertiary/aromatic N) is 4. The lowest BCUT2D eigenvalue weighted by Crippen LogP contribution is -2.42. The number of aromatic amines is 1. The first-order chi connectivity index (χ1) is 18.8. The van der Waals surface area contributed by atoms with E-state index in [2.05, 4.69) is 19.9 Å². The molecule has 202 valence electrons. The van der Waals surface area contributed by atoms with E-state index in [-0.39, 0.29) is 35.8 Å². The van der Waals surface area contributed by atoms with Crippen LogP contribution in [0.1, 0.15) is 49.2 Å². The summed E-state index contributed by atoms with van der Waals surface area (Å²) < 4.78 is 52.6. The Morgan fingerprint density at radius 3 is 2.90 bits per heavy atom. The number of carbonyl (C=O) groups is 1. The fourth-order valence-corrected chi connectivity index (χ4v) is 4.58. The zero-order valence-electron chi connectivity index (χ0n) is 21.3. The van der Waals surface area contributed by atoms with Gasteiger partial charge in [-0.1, -0.05) is 37.3 Å². The number of carbonyl (C=O) groups excluding carboxylic acids is 1. The van der Waals surface area contributed by atoms with Crippen LogP contribution in [0.2, 0.25) is 0 Å². The number of nitrogens with one attached hydrogen (secondary N) is 1. The Labute approximate surface area is 222 Å². The highest BCUT2D eigenvalue weighted by Gasteiger charge is 2.41. The van der Waals surface area contributed by atoms with Gasteiger partial charge in [-0.05, 0) is 37.6 Å². The highest BCUT2D eigenvalue weighted by Crippen LogP contribution is 2.39. The monoisotopic (exact) mass is 537 g/mol. The van der Waals surface area contributed by atoms with Gasteiger partial charge in [-0.15, -0.1) is 0 Å². The van der Waals surface area contributed by atoms with Crippen LogP contribution in [0.15, 0.2) is 81.7 Å². The maximum absolute atomic E-state index is 13.8. The van der Waals surface area contributed by atoms with Crippen molar-refractivity contribution < 1.29 is 27.1 Å². The van der Waals surface area contributed by atoms with E-state index in [1.807, 2.05) is 44.2 Å². The molecule has 1 N–H and O–H groups in total. The number of aromatic nitrogens is 3. The Bertz CT molecular complexity index is 1540. The lowest BCUT2D eigenvalue weighted by molar-refractivity contribution is -0.137. The van der Waals surface area contributed by atoms with Crippen molar-refractivity contribution in [2.75, 3.05) is 13.1 Å². The fraction of sp³-hybridized carbons (Fsp3) is 0.286. The standard InChI is InChI=1S/C28H26F3N5O3/c1-3-5-6-9-17(8-4-2)25-32-14-12-21(38-25)27(37)36-15-13-19-22(34-16-33-19)23(36)26-35-20-11-7-10-18(24(20)39-26)28(29,30)31/h3,5-12,16,23H,4,13-15H2,1-2H3,(H,33,34)/b5-3-,9-6-,17-8+/t23-/m0/s1. The normalized spacial score (nSPS) is 18.4. The molecule has 0 unspecified atom stereocenters. The molecule has 0 fully saturated rings. The summed E-state index contributed by atoms with van der Waals surface area (Å²) in [7, 11) is 0. The average molecular weight is 538 g/mol. The van der Waals surface area contributed by atoms with Gasteiger partial charge in [0, 0.05) is 24.2 Å². The van der Waals surface area contributed by atoms with Gasteiger partial charge in [-0.2, -0.15) is 13.2 Å². The van der Waals surface area contributed by atoms with Crippen LogP contribution in [0.3, 0.4) is 0 Å². The lowest BCUT2D eigenvalue weighted by Gasteiger charge is -2.33. The number of aliphatic imine (C=N–C) groups is 1. The minimum Gasteiger partial charge on any atom is -0.437 e. The van der Waals surface area contributed by atoms with Crippen molar-refractivity contribution in [1.82, 2.24) is 19.9 Å². The maximum atomic E-state index is 13.8. The van der Waals surface area contributed by atoms with Crippen molar-refractivity contribution in [3.05, 3.63) is 95.2 Å². The quantitative estimate of drug-likeness (QED) is 0.400. The second kappa shape index (κ2) is 10.8. The van der Waals surface area contributed by atoms with Crippen molar-refractivity contribution in [3.8, 4) is 0 Å². The Morgan fingerprint density at radius 2 is 2.13 bits per heavy atom. The number of imidazole rings is 1. The van der Waals surface area contributed by atoms with Crippen LogP contribution in [0.25, 0.3) is 11.1 Å². The highest BCUT2D eigenvalue weighted by atomic mass is 19.4. The second-order valence-corrected chi connectivity index (χ2v) is 8.89. The van der Waals surface area contributed by atoms with Crippen LogP contribution >= 0.6 is 0 Å². The summed E-state index contributed by atoms with van der Waals surface area (Å²) in [5.74, 6) is -0.145. The first-order valence-electron chi connectivity index (χ1n) is 12.5. The Balaban J connectivity index is 1.49. The van der Waals surface area contributed by atoms with Gasteiger partial charge in [0.2, 0.25) is 11.8 Å². The number of H-pyrrole nitrogens is 1. The van der Waals surface area contributed by atoms with Gasteiger partial charge in [-0.3, -0.25) is 4.79 Å². The number of halogens is 3. The third-order valence-electron chi connectivity index (χ3n) is 6.34. The first kappa shape index (κ1) is 26.2. The van der Waals surface area contributed by atoms with E-state index in [1.165, 1.54) is 23.4 Å². The molecule has 2 aliphatic rings. The smallest absolute Gasteiger partial charge is 0.420 e. The summed E-state index contributed by atoms with van der Waals surface area (Å²) in [6.07, 6.45) is 9.06. The van der Waals surface area contributed by atoms with Crippen LogP contribution in [0.4, 0.5) is 13.2 Å². The first-order valence-corrected chi connectivity index (χ1v) is 12.5. The molecule has 1 amide bonds. The number of allylic oxidation sites excluding steroid dienone is 4. The maximum Gasteiger partial charge on any atom is 0.420 e. The summed E-state index contributed by atoms with van der Waals surface area (Å²) >= 11 is 0. The molecule has 0 radical (unpaired) electrons. The molecule has 0 saturated carbocycles. The number of alkyl halides is 3. The van der Waals surface area contributed by atoms with E-state index < -0.39 is 23.7 Å². The van der Waals surface area contributed by atoms with Gasteiger partial charge in [0.1, 0.15) is 11.1 Å². The number of oxazole rings is 1. The SMILES string of the molecule is C\C=C/C=C\C(=C/CC)C1=NCC=C(C(=O)N2CCc3[nH]cnc3[C@H]2c2nc3cccc(C(F)(F)F)c3o2)O1. The minimum atomic E-state index is -4.63. The molecule has 11 heteroatoms. The molecule has 0 aliphatic carbocycles. The van der Waals surface area contributed by atoms with E-state index >= 15 is 0 Å². The van der Waals surface area contributed by atoms with Gasteiger partial charge in [0.05, 0.1) is 18.6 Å². The predicted molar refractivity (Wildman–Crippen MR) is 139 cm³/mol. The Kier molecular flexibility index (Phi) is 7.23. The van der Waals surface area contributed by atoms with Crippen molar-refractivity contribution in [3.63, 3.8) is 0 Å². The molecular weight excluding hydrogens is 511 g/mol. The molecule has 1 aromatic carbocycles. The number of para-hydroxylation sites is 1. The number of fused-ring (bicyclic) bond motifs is 2. The van der Waals surface area contributed by atoms with Crippen LogP contribution in [-0.4, -0.2) is 44.7 Å². The van der Waals surface area contributed by atoms with Gasteiger partial charge in [0.15, 0.2) is 17.4 Å². The van der Waals surface area contributed by atoms with Crippen LogP contribution in [0, 0.1) is 0 Å². The third-order valence-corrected chi connectivity index (χ3v) is 6.34. The van der Waals surface area contributed by atoms with Crippen LogP contribution < -0.4 is 0 Å². The molecule has 0 saturated heterocycles. The lowest BCUT2D eigenvalue weighted by atomic mass is 10.0. The summed E-state index contributed by atoms with van der Waals surface area (Å²) in [5, 5.41) is 0. The molecule has 1 atom stereocenters. The molecule has 5 rings (SSSR count). The van der Waals surface area contributed by atoms with E-state index in [0.29, 0.717) is 18.0 Å². The predicted octanol–water partition coefficient (Wildman–Crippen LogP) is 5.83. The van der Waals surface area contributed by atoms with Gasteiger partial charge >= 0.3 is 6.18 Å². The molecular formula is C28H26F3N5O3. The van der Waals surface area contributed by atoms with Gasteiger partial charge in [0.25, 0.3) is 5.91 Å². The molecule has 0 bridgehead atoms. The highest BCUT2D eigenvalue weighted by molar-refractivity contribution is 6.02. The summed E-state index contributed by atoms with van der Waals surface area (Å²) in [5.41, 5.74) is 0.665. The van der Waals surface area contributed by atoms with E-state index in [1.54, 1.807) is 6.08 Å². The van der Waals surface area contributed by atoms with E-state index in [0.717, 1.165) is 23.8 Å². The number of rotatable bonds is 6. The summed E-state index contributed by atoms with van der Waals surface area (Å²) in [4.78, 5) is 31.5. The summed E-state index contributed by atoms with van der Waals surface area (Å²) in [6.45, 7) is 4.37. The zero-order chi connectivity index (χ0) is 27.6. The van der Waals surface area contributed by atoms with Crippen molar-refractivity contribution in [1.29, 1.82) is 0 Å². The molecule has 2 aromatic heterocycles. The van der Waals surface area contributed by atoms with Crippen LogP contribution in [0.5, 0.6) is 0 Å². The fourth-order valence-electron chi connectivity index (χ4n) is 4.58. The van der Waals surface area contributed by atoms with Gasteiger partial charge < -0.3 is 19.0 Å².